The van der Waals surface area contributed by atoms with Crippen LogP contribution in [0.1, 0.15) is 0 Å². The minimum Gasteiger partial charge on any atom is -0.363 e. The highest BCUT2D eigenvalue weighted by molar-refractivity contribution is 6.30. The Hall–Kier alpha value is -2.59. The molecule has 0 atom stereocenters. The Morgan fingerprint density at radius 3 is 2.26 bits per heavy atom. The second kappa shape index (κ2) is 6.26. The van der Waals surface area contributed by atoms with Gasteiger partial charge in [-0.05, 0) is 24.3 Å². The molecule has 3 rings (SSSR count). The fourth-order valence-electron chi connectivity index (χ4n) is 2.32. The maximum Gasteiger partial charge on any atom is 0.260 e. The molecule has 0 amide bonds. The van der Waals surface area contributed by atoms with Gasteiger partial charge in [0.2, 0.25) is 0 Å². The van der Waals surface area contributed by atoms with E-state index in [2.05, 4.69) is 4.98 Å². The Balaban J connectivity index is 2.30. The molecule has 0 aliphatic rings. The molecular weight excluding hydrogens is 310 g/mol. The third-order valence-electron chi connectivity index (χ3n) is 3.48. The molecule has 0 saturated heterocycles. The molecule has 0 saturated carbocycles. The molecule has 0 unspecified atom stereocenters. The molecule has 0 spiro atoms. The first-order chi connectivity index (χ1) is 11.1. The quantitative estimate of drug-likeness (QED) is 0.738. The predicted octanol–water partition coefficient (Wildman–Crippen LogP) is 3.62. The Morgan fingerprint density at radius 2 is 1.65 bits per heavy atom. The van der Waals surface area contributed by atoms with Crippen molar-refractivity contribution in [2.45, 2.75) is 0 Å². The third kappa shape index (κ3) is 3.12. The molecule has 4 nitrogen and oxygen atoms in total. The summed E-state index contributed by atoms with van der Waals surface area (Å²) in [7, 11) is 3.73. The maximum atomic E-state index is 12.7. The predicted molar refractivity (Wildman–Crippen MR) is 94.6 cm³/mol. The lowest BCUT2D eigenvalue weighted by molar-refractivity contribution is 0.927. The number of benzene rings is 2. The Morgan fingerprint density at radius 1 is 1.00 bits per heavy atom. The van der Waals surface area contributed by atoms with E-state index in [0.717, 1.165) is 11.3 Å². The van der Waals surface area contributed by atoms with Crippen LogP contribution >= 0.6 is 11.6 Å². The summed E-state index contributed by atoms with van der Waals surface area (Å²) in [5, 5.41) is 0.626. The second-order valence-electron chi connectivity index (χ2n) is 5.35. The van der Waals surface area contributed by atoms with Gasteiger partial charge in [-0.1, -0.05) is 41.9 Å². The van der Waals surface area contributed by atoms with Gasteiger partial charge in [0, 0.05) is 30.7 Å². The lowest BCUT2D eigenvalue weighted by atomic mass is 10.2. The van der Waals surface area contributed by atoms with Crippen molar-refractivity contribution in [3.05, 3.63) is 76.0 Å². The van der Waals surface area contributed by atoms with E-state index in [-0.39, 0.29) is 5.56 Å². The molecule has 23 heavy (non-hydrogen) atoms. The van der Waals surface area contributed by atoms with Gasteiger partial charge < -0.3 is 4.90 Å². The highest BCUT2D eigenvalue weighted by atomic mass is 35.5. The van der Waals surface area contributed by atoms with Gasteiger partial charge in [-0.3, -0.25) is 9.36 Å². The normalized spacial score (nSPS) is 10.6. The van der Waals surface area contributed by atoms with Gasteiger partial charge in [-0.25, -0.2) is 4.98 Å². The van der Waals surface area contributed by atoms with Crippen molar-refractivity contribution in [1.82, 2.24) is 9.55 Å². The number of rotatable bonds is 3. The summed E-state index contributed by atoms with van der Waals surface area (Å²) in [6, 6.07) is 18.3. The van der Waals surface area contributed by atoms with Gasteiger partial charge in [0.1, 0.15) is 11.6 Å². The van der Waals surface area contributed by atoms with E-state index in [1.807, 2.05) is 61.5 Å². The zero-order valence-corrected chi connectivity index (χ0v) is 13.7. The summed E-state index contributed by atoms with van der Waals surface area (Å²) >= 11 is 5.95. The van der Waals surface area contributed by atoms with Crippen molar-refractivity contribution in [2.24, 2.45) is 0 Å². The number of nitrogens with zero attached hydrogens (tertiary/aromatic N) is 3. The smallest absolute Gasteiger partial charge is 0.260 e. The fourth-order valence-corrected chi connectivity index (χ4v) is 2.45. The third-order valence-corrected chi connectivity index (χ3v) is 3.73. The van der Waals surface area contributed by atoms with Gasteiger partial charge in [0.25, 0.3) is 5.56 Å². The van der Waals surface area contributed by atoms with Crippen LogP contribution in [0.5, 0.6) is 0 Å². The molecule has 3 aromatic rings. The lowest BCUT2D eigenvalue weighted by Crippen LogP contribution is -2.24. The number of anilines is 1. The van der Waals surface area contributed by atoms with Crippen LogP contribution in [0.4, 0.5) is 5.82 Å². The first kappa shape index (κ1) is 15.3. The van der Waals surface area contributed by atoms with E-state index in [4.69, 9.17) is 11.6 Å². The molecule has 1 heterocycles. The molecule has 5 heteroatoms. The second-order valence-corrected chi connectivity index (χ2v) is 5.78. The van der Waals surface area contributed by atoms with Crippen LogP contribution in [-0.2, 0) is 0 Å². The number of aromatic nitrogens is 2. The lowest BCUT2D eigenvalue weighted by Gasteiger charge is -2.17. The summed E-state index contributed by atoms with van der Waals surface area (Å²) < 4.78 is 1.60. The molecule has 0 radical (unpaired) electrons. The average Bonchev–Trinajstić information content (AvgIpc) is 2.56. The molecule has 2 aromatic carbocycles. The van der Waals surface area contributed by atoms with Gasteiger partial charge in [-0.15, -0.1) is 0 Å². The van der Waals surface area contributed by atoms with E-state index in [1.54, 1.807) is 16.7 Å². The van der Waals surface area contributed by atoms with Crippen LogP contribution in [0, 0.1) is 0 Å². The number of hydrogen-bond donors (Lipinski definition) is 0. The van der Waals surface area contributed by atoms with E-state index in [1.165, 1.54) is 6.07 Å². The van der Waals surface area contributed by atoms with Gasteiger partial charge >= 0.3 is 0 Å². The molecular formula is C18H16ClN3O. The van der Waals surface area contributed by atoms with Gasteiger partial charge in [0.15, 0.2) is 0 Å². The van der Waals surface area contributed by atoms with E-state index < -0.39 is 0 Å². The molecule has 0 aliphatic heterocycles. The van der Waals surface area contributed by atoms with E-state index in [0.29, 0.717) is 16.7 Å². The van der Waals surface area contributed by atoms with Crippen LogP contribution in [0.25, 0.3) is 17.1 Å². The maximum absolute atomic E-state index is 12.7. The van der Waals surface area contributed by atoms with E-state index in [9.17, 15) is 4.79 Å². The minimum absolute atomic E-state index is 0.134. The zero-order valence-electron chi connectivity index (χ0n) is 12.9. The number of hydrogen-bond acceptors (Lipinski definition) is 3. The topological polar surface area (TPSA) is 38.1 Å². The molecule has 116 valence electrons. The summed E-state index contributed by atoms with van der Waals surface area (Å²) in [5.41, 5.74) is 1.48. The first-order valence-corrected chi connectivity index (χ1v) is 7.57. The van der Waals surface area contributed by atoms with Crippen LogP contribution in [0.3, 0.4) is 0 Å². The van der Waals surface area contributed by atoms with Crippen molar-refractivity contribution in [3.63, 3.8) is 0 Å². The zero-order chi connectivity index (χ0) is 16.4. The van der Waals surface area contributed by atoms with Gasteiger partial charge in [-0.2, -0.15) is 0 Å². The molecule has 0 bridgehead atoms. The SMILES string of the molecule is CN(C)c1cc(=O)n(-c2ccc(Cl)cc2)c(-c2ccccc2)n1. The number of halogens is 1. The monoisotopic (exact) mass is 325 g/mol. The summed E-state index contributed by atoms with van der Waals surface area (Å²) in [6.45, 7) is 0. The molecule has 0 aliphatic carbocycles. The molecule has 1 aromatic heterocycles. The van der Waals surface area contributed by atoms with Gasteiger partial charge in [0.05, 0.1) is 5.69 Å². The fraction of sp³-hybridized carbons (Fsp3) is 0.111. The Bertz CT molecular complexity index is 871. The Kier molecular flexibility index (Phi) is 4.17. The standard InChI is InChI=1S/C18H16ClN3O/c1-21(2)16-12-17(23)22(15-10-8-14(19)9-11-15)18(20-16)13-6-4-3-5-7-13/h3-12H,1-2H3. The van der Waals surface area contributed by atoms with Crippen molar-refractivity contribution in [2.75, 3.05) is 19.0 Å². The Labute approximate surface area is 139 Å². The minimum atomic E-state index is -0.134. The van der Waals surface area contributed by atoms with E-state index >= 15 is 0 Å². The van der Waals surface area contributed by atoms with Crippen LogP contribution < -0.4 is 10.5 Å². The van der Waals surface area contributed by atoms with Crippen LogP contribution in [-0.4, -0.2) is 23.6 Å². The van der Waals surface area contributed by atoms with Crippen LogP contribution in [0.15, 0.2) is 65.5 Å². The highest BCUT2D eigenvalue weighted by Crippen LogP contribution is 2.22. The van der Waals surface area contributed by atoms with Crippen molar-refractivity contribution in [3.8, 4) is 17.1 Å². The van der Waals surface area contributed by atoms with Crippen LogP contribution in [0.2, 0.25) is 5.02 Å². The highest BCUT2D eigenvalue weighted by Gasteiger charge is 2.13. The van der Waals surface area contributed by atoms with Crippen molar-refractivity contribution >= 4 is 17.4 Å². The van der Waals surface area contributed by atoms with Crippen molar-refractivity contribution < 1.29 is 0 Å². The summed E-state index contributed by atoms with van der Waals surface area (Å²) in [6.07, 6.45) is 0. The summed E-state index contributed by atoms with van der Waals surface area (Å²) in [4.78, 5) is 19.2. The summed E-state index contributed by atoms with van der Waals surface area (Å²) in [5.74, 6) is 1.23. The largest absolute Gasteiger partial charge is 0.363 e. The average molecular weight is 326 g/mol. The van der Waals surface area contributed by atoms with Crippen molar-refractivity contribution in [1.29, 1.82) is 0 Å². The molecule has 0 fully saturated rings. The molecule has 0 N–H and O–H groups in total. The first-order valence-electron chi connectivity index (χ1n) is 7.19.